The fraction of sp³-hybridized carbons (Fsp3) is 0.562. The molecule has 0 bridgehead atoms. The van der Waals surface area contributed by atoms with Gasteiger partial charge in [0.2, 0.25) is 0 Å². The van der Waals surface area contributed by atoms with Gasteiger partial charge >= 0.3 is 6.03 Å². The number of carbonyl (C=O) groups is 2. The number of H-pyrrole nitrogens is 1. The maximum atomic E-state index is 12.3. The van der Waals surface area contributed by atoms with Crippen LogP contribution in [0, 0.1) is 0 Å². The first-order chi connectivity index (χ1) is 11.5. The molecule has 0 aliphatic carbocycles. The molecule has 1 aromatic heterocycles. The van der Waals surface area contributed by atoms with Gasteiger partial charge in [-0.15, -0.1) is 0 Å². The van der Waals surface area contributed by atoms with Gasteiger partial charge in [-0.3, -0.25) is 9.59 Å². The van der Waals surface area contributed by atoms with Gasteiger partial charge in [-0.1, -0.05) is 11.6 Å². The van der Waals surface area contributed by atoms with Crippen molar-refractivity contribution in [1.82, 2.24) is 20.1 Å². The molecule has 7 nitrogen and oxygen atoms in total. The Morgan fingerprint density at radius 3 is 2.38 bits per heavy atom. The molecule has 2 saturated heterocycles. The lowest BCUT2D eigenvalue weighted by molar-refractivity contribution is 0.0912. The first-order valence-corrected chi connectivity index (χ1v) is 8.65. The number of halogens is 1. The number of hydrogen-bond donors (Lipinski definition) is 2. The average molecular weight is 353 g/mol. The molecular weight excluding hydrogens is 332 g/mol. The first-order valence-electron chi connectivity index (χ1n) is 8.27. The number of nitrogens with one attached hydrogen (secondary N) is 2. The Morgan fingerprint density at radius 1 is 1.12 bits per heavy atom. The van der Waals surface area contributed by atoms with Gasteiger partial charge in [-0.25, -0.2) is 4.79 Å². The molecule has 2 N–H and O–H groups in total. The minimum atomic E-state index is -0.415. The second kappa shape index (κ2) is 7.25. The van der Waals surface area contributed by atoms with Gasteiger partial charge in [0.1, 0.15) is 5.02 Å². The zero-order chi connectivity index (χ0) is 17.1. The van der Waals surface area contributed by atoms with Gasteiger partial charge in [0.15, 0.2) is 0 Å². The number of likely N-dealkylation sites (tertiary alicyclic amines) is 2. The summed E-state index contributed by atoms with van der Waals surface area (Å²) in [7, 11) is 0. The lowest BCUT2D eigenvalue weighted by atomic mass is 10.0. The minimum Gasteiger partial charge on any atom is -0.349 e. The zero-order valence-corrected chi connectivity index (χ0v) is 14.1. The van der Waals surface area contributed by atoms with Crippen LogP contribution >= 0.6 is 11.6 Å². The lowest BCUT2D eigenvalue weighted by Crippen LogP contribution is -2.50. The van der Waals surface area contributed by atoms with Crippen LogP contribution in [-0.2, 0) is 0 Å². The number of piperidine rings is 1. The Kier molecular flexibility index (Phi) is 5.08. The van der Waals surface area contributed by atoms with Gasteiger partial charge in [0.25, 0.3) is 11.5 Å². The molecule has 0 aromatic carbocycles. The highest BCUT2D eigenvalue weighted by molar-refractivity contribution is 6.30. The topological polar surface area (TPSA) is 85.5 Å². The van der Waals surface area contributed by atoms with E-state index in [1.54, 1.807) is 0 Å². The summed E-state index contributed by atoms with van der Waals surface area (Å²) >= 11 is 5.74. The summed E-state index contributed by atoms with van der Waals surface area (Å²) < 4.78 is 0. The van der Waals surface area contributed by atoms with E-state index in [-0.39, 0.29) is 23.0 Å². The molecule has 0 atom stereocenters. The lowest BCUT2D eigenvalue weighted by Gasteiger charge is -2.34. The van der Waals surface area contributed by atoms with Crippen molar-refractivity contribution in [3.63, 3.8) is 0 Å². The van der Waals surface area contributed by atoms with Crippen molar-refractivity contribution in [3.05, 3.63) is 33.2 Å². The van der Waals surface area contributed by atoms with Crippen molar-refractivity contribution in [2.24, 2.45) is 0 Å². The predicted octanol–water partition coefficient (Wildman–Crippen LogP) is 1.44. The zero-order valence-electron chi connectivity index (χ0n) is 13.4. The standard InChI is InChI=1S/C16H21ClN4O3/c17-13-9-11(10-18-15(13)23)14(22)19-12-3-7-21(8-4-12)16(24)20-5-1-2-6-20/h9-10,12H,1-8H2,(H,18,23)(H,19,22). The Labute approximate surface area is 145 Å². The van der Waals surface area contributed by atoms with E-state index in [0.29, 0.717) is 18.7 Å². The van der Waals surface area contributed by atoms with Crippen LogP contribution in [0.25, 0.3) is 0 Å². The van der Waals surface area contributed by atoms with Crippen LogP contribution in [0.4, 0.5) is 4.79 Å². The summed E-state index contributed by atoms with van der Waals surface area (Å²) in [6.45, 7) is 2.99. The third kappa shape index (κ3) is 3.72. The van der Waals surface area contributed by atoms with Crippen LogP contribution in [0.15, 0.2) is 17.1 Å². The molecule has 3 heterocycles. The normalized spacial score (nSPS) is 18.7. The van der Waals surface area contributed by atoms with E-state index in [4.69, 9.17) is 11.6 Å². The Hall–Kier alpha value is -2.02. The van der Waals surface area contributed by atoms with Gasteiger partial charge in [0, 0.05) is 38.4 Å². The quantitative estimate of drug-likeness (QED) is 0.844. The van der Waals surface area contributed by atoms with Crippen LogP contribution in [0.5, 0.6) is 0 Å². The third-order valence-corrected chi connectivity index (χ3v) is 4.88. The number of nitrogens with zero attached hydrogens (tertiary/aromatic N) is 2. The van der Waals surface area contributed by atoms with E-state index in [1.807, 2.05) is 9.80 Å². The number of pyridine rings is 1. The third-order valence-electron chi connectivity index (χ3n) is 4.60. The maximum Gasteiger partial charge on any atom is 0.319 e. The van der Waals surface area contributed by atoms with Gasteiger partial charge in [0.05, 0.1) is 5.56 Å². The van der Waals surface area contributed by atoms with E-state index in [0.717, 1.165) is 38.8 Å². The number of carbonyl (C=O) groups excluding carboxylic acids is 2. The van der Waals surface area contributed by atoms with E-state index < -0.39 is 5.56 Å². The molecule has 0 saturated carbocycles. The molecule has 1 aromatic rings. The van der Waals surface area contributed by atoms with Crippen molar-refractivity contribution >= 4 is 23.5 Å². The Bertz CT molecular complexity index is 676. The molecule has 2 aliphatic rings. The highest BCUT2D eigenvalue weighted by atomic mass is 35.5. The van der Waals surface area contributed by atoms with Crippen LogP contribution in [0.3, 0.4) is 0 Å². The van der Waals surface area contributed by atoms with Crippen LogP contribution in [-0.4, -0.2) is 58.9 Å². The van der Waals surface area contributed by atoms with Crippen molar-refractivity contribution in [3.8, 4) is 0 Å². The monoisotopic (exact) mass is 352 g/mol. The fourth-order valence-corrected chi connectivity index (χ4v) is 3.35. The summed E-state index contributed by atoms with van der Waals surface area (Å²) in [4.78, 5) is 42.0. The summed E-state index contributed by atoms with van der Waals surface area (Å²) in [5, 5.41) is 2.93. The van der Waals surface area contributed by atoms with Gasteiger partial charge < -0.3 is 20.1 Å². The number of urea groups is 1. The second-order valence-electron chi connectivity index (χ2n) is 6.28. The smallest absolute Gasteiger partial charge is 0.319 e. The average Bonchev–Trinajstić information content (AvgIpc) is 3.12. The van der Waals surface area contributed by atoms with Crippen molar-refractivity contribution < 1.29 is 9.59 Å². The molecule has 2 aliphatic heterocycles. The molecular formula is C16H21ClN4O3. The number of aromatic amines is 1. The van der Waals surface area contributed by atoms with E-state index in [2.05, 4.69) is 10.3 Å². The van der Waals surface area contributed by atoms with Crippen LogP contribution in [0.2, 0.25) is 5.02 Å². The second-order valence-corrected chi connectivity index (χ2v) is 6.68. The van der Waals surface area contributed by atoms with E-state index in [1.165, 1.54) is 12.3 Å². The molecule has 0 spiro atoms. The minimum absolute atomic E-state index is 0.00585. The molecule has 24 heavy (non-hydrogen) atoms. The molecule has 3 rings (SSSR count). The molecule has 130 valence electrons. The summed E-state index contributed by atoms with van der Waals surface area (Å²) in [6, 6.07) is 1.50. The van der Waals surface area contributed by atoms with Crippen LogP contribution < -0.4 is 10.9 Å². The number of rotatable bonds is 2. The number of hydrogen-bond acceptors (Lipinski definition) is 3. The van der Waals surface area contributed by atoms with Gasteiger partial charge in [-0.2, -0.15) is 0 Å². The summed E-state index contributed by atoms with van der Waals surface area (Å²) in [5.41, 5.74) is -0.0860. The maximum absolute atomic E-state index is 12.3. The first kappa shape index (κ1) is 16.8. The Balaban J connectivity index is 1.51. The van der Waals surface area contributed by atoms with Crippen LogP contribution in [0.1, 0.15) is 36.0 Å². The van der Waals surface area contributed by atoms with Crippen molar-refractivity contribution in [2.75, 3.05) is 26.2 Å². The summed E-state index contributed by atoms with van der Waals surface area (Å²) in [6.07, 6.45) is 4.97. The molecule has 3 amide bonds. The molecule has 8 heteroatoms. The SMILES string of the molecule is O=C(NC1CCN(C(=O)N2CCCC2)CC1)c1c[nH]c(=O)c(Cl)c1. The molecule has 0 unspecified atom stereocenters. The molecule has 0 radical (unpaired) electrons. The Morgan fingerprint density at radius 2 is 1.75 bits per heavy atom. The highest BCUT2D eigenvalue weighted by Gasteiger charge is 2.28. The fourth-order valence-electron chi connectivity index (χ4n) is 3.18. The van der Waals surface area contributed by atoms with E-state index >= 15 is 0 Å². The highest BCUT2D eigenvalue weighted by Crippen LogP contribution is 2.16. The van der Waals surface area contributed by atoms with Crippen molar-refractivity contribution in [1.29, 1.82) is 0 Å². The number of aromatic nitrogens is 1. The largest absolute Gasteiger partial charge is 0.349 e. The summed E-state index contributed by atoms with van der Waals surface area (Å²) in [5.74, 6) is -0.266. The number of amides is 3. The van der Waals surface area contributed by atoms with Crippen molar-refractivity contribution in [2.45, 2.75) is 31.7 Å². The molecule has 2 fully saturated rings. The predicted molar refractivity (Wildman–Crippen MR) is 90.3 cm³/mol. The van der Waals surface area contributed by atoms with E-state index in [9.17, 15) is 14.4 Å². The van der Waals surface area contributed by atoms with Gasteiger partial charge in [-0.05, 0) is 31.7 Å².